The van der Waals surface area contributed by atoms with E-state index in [4.69, 9.17) is 19.4 Å². The first-order valence-electron chi connectivity index (χ1n) is 9.97. The fourth-order valence-corrected chi connectivity index (χ4v) is 4.86. The summed E-state index contributed by atoms with van der Waals surface area (Å²) < 4.78 is 12.1. The van der Waals surface area contributed by atoms with E-state index >= 15 is 0 Å². The molecule has 7 heteroatoms. The van der Waals surface area contributed by atoms with E-state index in [1.54, 1.807) is 0 Å². The average molecular weight is 391 g/mol. The van der Waals surface area contributed by atoms with Gasteiger partial charge in [-0.05, 0) is 31.4 Å². The van der Waals surface area contributed by atoms with Gasteiger partial charge in [0.05, 0.1) is 30.4 Å². The number of carbonyl (C=O) groups excluding carboxylic acids is 1. The molecule has 3 aliphatic rings. The summed E-state index contributed by atoms with van der Waals surface area (Å²) in [5.74, 6) is 1.11. The number of amides is 1. The Bertz CT molecular complexity index is 695. The number of para-hydroxylation sites is 1. The standard InChI is InChI=1S/C20H27NO4.CH2O2/c1-2-3-10-24-17-7-5-4-6-14(17)19(23)21-11-16-15(12-22)18-8-9-20(16,13-21)25-18;2-1-3/h4-7,15-16,18,22H,2-3,8-13H2,1H3;1H,(H,2,3)/t15-,16+,18+,20+;/m0./s1. The number of ether oxygens (including phenoxy) is 2. The van der Waals surface area contributed by atoms with Gasteiger partial charge < -0.3 is 24.6 Å². The Balaban J connectivity index is 0.000000706. The van der Waals surface area contributed by atoms with Crippen molar-refractivity contribution in [2.75, 3.05) is 26.3 Å². The molecule has 0 radical (unpaired) electrons. The first-order chi connectivity index (χ1) is 13.6. The van der Waals surface area contributed by atoms with Crippen molar-refractivity contribution in [2.45, 2.75) is 44.3 Å². The molecule has 154 valence electrons. The van der Waals surface area contributed by atoms with Gasteiger partial charge in [-0.1, -0.05) is 25.5 Å². The van der Waals surface area contributed by atoms with Crippen molar-refractivity contribution in [3.05, 3.63) is 29.8 Å². The van der Waals surface area contributed by atoms with E-state index in [2.05, 4.69) is 6.92 Å². The normalized spacial score (nSPS) is 29.8. The number of carboxylic acid groups (broad SMARTS) is 1. The molecule has 2 bridgehead atoms. The fourth-order valence-electron chi connectivity index (χ4n) is 4.86. The highest BCUT2D eigenvalue weighted by molar-refractivity contribution is 5.97. The smallest absolute Gasteiger partial charge is 0.290 e. The Morgan fingerprint density at radius 3 is 2.89 bits per heavy atom. The monoisotopic (exact) mass is 391 g/mol. The molecule has 4 rings (SSSR count). The summed E-state index contributed by atoms with van der Waals surface area (Å²) in [6.07, 6.45) is 4.22. The van der Waals surface area contributed by atoms with E-state index in [1.165, 1.54) is 0 Å². The maximum absolute atomic E-state index is 13.1. The molecule has 2 N–H and O–H groups in total. The molecule has 28 heavy (non-hydrogen) atoms. The Morgan fingerprint density at radius 2 is 2.18 bits per heavy atom. The predicted molar refractivity (Wildman–Crippen MR) is 102 cm³/mol. The van der Waals surface area contributed by atoms with Crippen LogP contribution in [0, 0.1) is 11.8 Å². The third-order valence-corrected chi connectivity index (χ3v) is 6.15. The second-order valence-corrected chi connectivity index (χ2v) is 7.70. The lowest BCUT2D eigenvalue weighted by Gasteiger charge is -2.27. The van der Waals surface area contributed by atoms with Gasteiger partial charge in [-0.15, -0.1) is 0 Å². The summed E-state index contributed by atoms with van der Waals surface area (Å²) in [6, 6.07) is 7.50. The van der Waals surface area contributed by atoms with Crippen LogP contribution in [-0.2, 0) is 9.53 Å². The molecule has 1 aromatic rings. The molecule has 0 aromatic heterocycles. The third-order valence-electron chi connectivity index (χ3n) is 6.15. The summed E-state index contributed by atoms with van der Waals surface area (Å²) in [7, 11) is 0. The SMILES string of the molecule is CCCCOc1ccccc1C(=O)N1C[C@@H]2[C@H](CO)[C@H]3CC[C@]2(C1)O3.O=CO. The molecule has 0 saturated carbocycles. The Hall–Kier alpha value is -2.12. The number of carbonyl (C=O) groups is 2. The van der Waals surface area contributed by atoms with Gasteiger partial charge in [0.15, 0.2) is 0 Å². The lowest BCUT2D eigenvalue weighted by Crippen LogP contribution is -2.38. The van der Waals surface area contributed by atoms with Gasteiger partial charge in [-0.25, -0.2) is 0 Å². The number of fused-ring (bicyclic) bond motifs is 1. The molecule has 1 amide bonds. The third kappa shape index (κ3) is 3.73. The van der Waals surface area contributed by atoms with Crippen LogP contribution < -0.4 is 4.74 Å². The fraction of sp³-hybridized carbons (Fsp3) is 0.619. The molecular formula is C21H29NO6. The van der Waals surface area contributed by atoms with Crippen molar-refractivity contribution in [3.8, 4) is 5.75 Å². The summed E-state index contributed by atoms with van der Waals surface area (Å²) >= 11 is 0. The van der Waals surface area contributed by atoms with Gasteiger partial charge in [-0.2, -0.15) is 0 Å². The molecule has 1 aromatic carbocycles. The van der Waals surface area contributed by atoms with Crippen molar-refractivity contribution in [2.24, 2.45) is 11.8 Å². The molecule has 0 unspecified atom stereocenters. The Labute approximate surface area is 165 Å². The predicted octanol–water partition coefficient (Wildman–Crippen LogP) is 2.18. The number of benzene rings is 1. The number of aliphatic hydroxyl groups excluding tert-OH is 1. The number of rotatable bonds is 6. The van der Waals surface area contributed by atoms with Crippen molar-refractivity contribution in [1.82, 2.24) is 4.90 Å². The van der Waals surface area contributed by atoms with Gasteiger partial charge >= 0.3 is 0 Å². The summed E-state index contributed by atoms with van der Waals surface area (Å²) in [5, 5.41) is 16.6. The quantitative estimate of drug-likeness (QED) is 0.570. The largest absolute Gasteiger partial charge is 0.493 e. The summed E-state index contributed by atoms with van der Waals surface area (Å²) in [5.41, 5.74) is 0.399. The maximum atomic E-state index is 13.1. The van der Waals surface area contributed by atoms with E-state index in [-0.39, 0.29) is 42.5 Å². The molecule has 4 atom stereocenters. The topological polar surface area (TPSA) is 96.3 Å². The number of nitrogens with zero attached hydrogens (tertiary/aromatic N) is 1. The van der Waals surface area contributed by atoms with Crippen molar-refractivity contribution >= 4 is 12.4 Å². The van der Waals surface area contributed by atoms with Crippen LogP contribution in [0.15, 0.2) is 24.3 Å². The molecule has 1 spiro atoms. The first-order valence-corrected chi connectivity index (χ1v) is 9.97. The number of unbranched alkanes of at least 4 members (excludes halogenated alkanes) is 1. The molecule has 3 saturated heterocycles. The van der Waals surface area contributed by atoms with Gasteiger partial charge in [0.1, 0.15) is 5.75 Å². The van der Waals surface area contributed by atoms with Gasteiger partial charge in [0.25, 0.3) is 12.4 Å². The zero-order valence-electron chi connectivity index (χ0n) is 16.3. The highest BCUT2D eigenvalue weighted by Crippen LogP contribution is 2.54. The van der Waals surface area contributed by atoms with Gasteiger partial charge in [0, 0.05) is 25.0 Å². The first kappa shape index (κ1) is 20.6. The van der Waals surface area contributed by atoms with Crippen LogP contribution in [0.2, 0.25) is 0 Å². The molecule has 7 nitrogen and oxygen atoms in total. The minimum Gasteiger partial charge on any atom is -0.493 e. The zero-order valence-corrected chi connectivity index (χ0v) is 16.3. The molecule has 0 aliphatic carbocycles. The van der Waals surface area contributed by atoms with E-state index in [0.717, 1.165) is 25.7 Å². The van der Waals surface area contributed by atoms with E-state index in [9.17, 15) is 9.90 Å². The van der Waals surface area contributed by atoms with Crippen molar-refractivity contribution in [3.63, 3.8) is 0 Å². The number of likely N-dealkylation sites (tertiary alicyclic amines) is 1. The van der Waals surface area contributed by atoms with E-state index < -0.39 is 0 Å². The molecule has 3 heterocycles. The Morgan fingerprint density at radius 1 is 1.43 bits per heavy atom. The number of hydrogen-bond acceptors (Lipinski definition) is 5. The van der Waals surface area contributed by atoms with Crippen molar-refractivity contribution < 1.29 is 29.3 Å². The van der Waals surface area contributed by atoms with Crippen LogP contribution >= 0.6 is 0 Å². The number of aliphatic hydroxyl groups is 1. The van der Waals surface area contributed by atoms with Crippen LogP contribution in [-0.4, -0.2) is 65.5 Å². The van der Waals surface area contributed by atoms with Crippen LogP contribution in [0.5, 0.6) is 5.75 Å². The second kappa shape index (κ2) is 8.92. The molecule has 3 aliphatic heterocycles. The lowest BCUT2D eigenvalue weighted by molar-refractivity contribution is -0.122. The lowest BCUT2D eigenvalue weighted by atomic mass is 9.74. The zero-order chi connectivity index (χ0) is 20.1. The van der Waals surface area contributed by atoms with Gasteiger partial charge in [0.2, 0.25) is 0 Å². The van der Waals surface area contributed by atoms with Crippen LogP contribution in [0.4, 0.5) is 0 Å². The van der Waals surface area contributed by atoms with Crippen LogP contribution in [0.3, 0.4) is 0 Å². The highest BCUT2D eigenvalue weighted by Gasteiger charge is 2.63. The van der Waals surface area contributed by atoms with Crippen LogP contribution in [0.1, 0.15) is 43.0 Å². The van der Waals surface area contributed by atoms with Crippen molar-refractivity contribution in [1.29, 1.82) is 0 Å². The maximum Gasteiger partial charge on any atom is 0.290 e. The van der Waals surface area contributed by atoms with Crippen LogP contribution in [0.25, 0.3) is 0 Å². The molecule has 3 fully saturated rings. The van der Waals surface area contributed by atoms with Gasteiger partial charge in [-0.3, -0.25) is 9.59 Å². The summed E-state index contributed by atoms with van der Waals surface area (Å²) in [6.45, 7) is 3.95. The minimum atomic E-state index is -0.250. The van der Waals surface area contributed by atoms with E-state index in [1.807, 2.05) is 29.2 Å². The minimum absolute atomic E-state index is 0.0135. The second-order valence-electron chi connectivity index (χ2n) is 7.70. The van der Waals surface area contributed by atoms with E-state index in [0.29, 0.717) is 31.0 Å². The Kier molecular flexibility index (Phi) is 6.57. The summed E-state index contributed by atoms with van der Waals surface area (Å²) in [4.78, 5) is 23.4. The average Bonchev–Trinajstić information content (AvgIpc) is 3.36. The highest BCUT2D eigenvalue weighted by atomic mass is 16.5. The molecular weight excluding hydrogens is 362 g/mol. The number of hydrogen-bond donors (Lipinski definition) is 2.